The summed E-state index contributed by atoms with van der Waals surface area (Å²) in [5.41, 5.74) is -4.12. The first-order chi connectivity index (χ1) is 14.2. The van der Waals surface area contributed by atoms with Crippen LogP contribution in [0.3, 0.4) is 0 Å². The van der Waals surface area contributed by atoms with Gasteiger partial charge in [-0.2, -0.15) is 13.2 Å². The van der Waals surface area contributed by atoms with Gasteiger partial charge in [0.2, 0.25) is 5.60 Å². The van der Waals surface area contributed by atoms with Crippen LogP contribution in [0.25, 0.3) is 0 Å². The fraction of sp³-hybridized carbons (Fsp3) is 0.278. The molecule has 0 radical (unpaired) electrons. The van der Waals surface area contributed by atoms with Crippen molar-refractivity contribution in [3.8, 4) is 0 Å². The zero-order valence-corrected chi connectivity index (χ0v) is 17.3. The maximum Gasteiger partial charge on any atom is 0.426 e. The highest BCUT2D eigenvalue weighted by molar-refractivity contribution is 7.92. The van der Waals surface area contributed by atoms with Gasteiger partial charge in [-0.05, 0) is 48.4 Å². The van der Waals surface area contributed by atoms with Gasteiger partial charge in [-0.25, -0.2) is 17.2 Å². The molecule has 2 aromatic carbocycles. The van der Waals surface area contributed by atoms with E-state index < -0.39 is 51.0 Å². The maximum atomic E-state index is 12.9. The van der Waals surface area contributed by atoms with Crippen LogP contribution in [0.5, 0.6) is 0 Å². The van der Waals surface area contributed by atoms with E-state index in [0.29, 0.717) is 0 Å². The summed E-state index contributed by atoms with van der Waals surface area (Å²) in [5, 5.41) is 10.7. The van der Waals surface area contributed by atoms with E-state index in [1.165, 1.54) is 6.07 Å². The molecule has 0 unspecified atom stereocenters. The minimum absolute atomic E-state index is 0.0423. The summed E-state index contributed by atoms with van der Waals surface area (Å²) in [5.74, 6) is -1.82. The minimum atomic E-state index is -5.26. The smallest absolute Gasteiger partial charge is 0.373 e. The SMILES string of the molecule is C[C@@](O)(C(=O)Nc1ccc(S(=O)(=O)Nc2cc(CF)cc(CF)c2)cc1Cl)C(F)(F)F. The van der Waals surface area contributed by atoms with Gasteiger partial charge in [-0.1, -0.05) is 17.7 Å². The molecule has 0 aromatic heterocycles. The molecule has 0 fully saturated rings. The van der Waals surface area contributed by atoms with Crippen molar-refractivity contribution in [2.75, 3.05) is 10.0 Å². The van der Waals surface area contributed by atoms with Crippen molar-refractivity contribution in [3.05, 3.63) is 52.5 Å². The number of carbonyl (C=O) groups is 1. The maximum absolute atomic E-state index is 12.9. The van der Waals surface area contributed by atoms with Crippen molar-refractivity contribution in [1.82, 2.24) is 0 Å². The second-order valence-corrected chi connectivity index (χ2v) is 8.67. The minimum Gasteiger partial charge on any atom is -0.373 e. The first kappa shape index (κ1) is 24.8. The molecule has 0 spiro atoms. The monoisotopic (exact) mass is 486 g/mol. The van der Waals surface area contributed by atoms with Gasteiger partial charge in [-0.15, -0.1) is 0 Å². The molecule has 1 atom stereocenters. The molecular formula is C18H16ClF5N2O4S. The van der Waals surface area contributed by atoms with Gasteiger partial charge in [0.05, 0.1) is 15.6 Å². The number of carbonyl (C=O) groups excluding carboxylic acids is 1. The molecule has 0 saturated carbocycles. The molecule has 0 aliphatic carbocycles. The fourth-order valence-electron chi connectivity index (χ4n) is 2.33. The van der Waals surface area contributed by atoms with Crippen LogP contribution in [0, 0.1) is 0 Å². The molecular weight excluding hydrogens is 471 g/mol. The molecule has 3 N–H and O–H groups in total. The highest BCUT2D eigenvalue weighted by atomic mass is 35.5. The van der Waals surface area contributed by atoms with E-state index in [0.717, 1.165) is 30.3 Å². The van der Waals surface area contributed by atoms with Crippen LogP contribution in [0.1, 0.15) is 18.1 Å². The summed E-state index contributed by atoms with van der Waals surface area (Å²) in [4.78, 5) is 11.3. The van der Waals surface area contributed by atoms with Crippen molar-refractivity contribution in [2.24, 2.45) is 0 Å². The van der Waals surface area contributed by atoms with Crippen molar-refractivity contribution in [1.29, 1.82) is 0 Å². The Balaban J connectivity index is 2.29. The number of anilines is 2. The molecule has 170 valence electrons. The Kier molecular flexibility index (Phi) is 7.18. The van der Waals surface area contributed by atoms with Crippen molar-refractivity contribution in [3.63, 3.8) is 0 Å². The number of hydrogen-bond donors (Lipinski definition) is 3. The largest absolute Gasteiger partial charge is 0.426 e. The van der Waals surface area contributed by atoms with E-state index in [-0.39, 0.29) is 29.4 Å². The van der Waals surface area contributed by atoms with Crippen molar-refractivity contribution >= 4 is 38.9 Å². The van der Waals surface area contributed by atoms with Crippen LogP contribution in [0.15, 0.2) is 41.3 Å². The van der Waals surface area contributed by atoms with E-state index in [1.807, 2.05) is 0 Å². The lowest BCUT2D eigenvalue weighted by molar-refractivity contribution is -0.242. The van der Waals surface area contributed by atoms with Crippen LogP contribution in [-0.2, 0) is 28.2 Å². The molecule has 31 heavy (non-hydrogen) atoms. The normalized spacial score (nSPS) is 14.1. The zero-order chi connectivity index (χ0) is 23.6. The van der Waals surface area contributed by atoms with Gasteiger partial charge in [0.15, 0.2) is 0 Å². The molecule has 0 bridgehead atoms. The summed E-state index contributed by atoms with van der Waals surface area (Å²) in [6.45, 7) is -1.66. The van der Waals surface area contributed by atoms with Crippen molar-refractivity contribution in [2.45, 2.75) is 36.9 Å². The second kappa shape index (κ2) is 8.97. The van der Waals surface area contributed by atoms with E-state index in [1.54, 1.807) is 5.32 Å². The predicted molar refractivity (Wildman–Crippen MR) is 104 cm³/mol. The number of halogens is 6. The van der Waals surface area contributed by atoms with Gasteiger partial charge in [-0.3, -0.25) is 9.52 Å². The van der Waals surface area contributed by atoms with Crippen LogP contribution >= 0.6 is 11.6 Å². The number of nitrogens with one attached hydrogen (secondary N) is 2. The number of rotatable bonds is 7. The average Bonchev–Trinajstić information content (AvgIpc) is 2.67. The third-order valence-corrected chi connectivity index (χ3v) is 5.80. The number of amides is 1. The molecule has 2 rings (SSSR count). The van der Waals surface area contributed by atoms with E-state index >= 15 is 0 Å². The Bertz CT molecular complexity index is 1070. The first-order valence-corrected chi connectivity index (χ1v) is 10.2. The fourth-order valence-corrected chi connectivity index (χ4v) is 3.69. The quantitative estimate of drug-likeness (QED) is 0.508. The molecule has 2 aromatic rings. The lowest BCUT2D eigenvalue weighted by atomic mass is 10.1. The van der Waals surface area contributed by atoms with Gasteiger partial charge >= 0.3 is 6.18 Å². The molecule has 13 heteroatoms. The highest BCUT2D eigenvalue weighted by Gasteiger charge is 2.55. The Morgan fingerprint density at radius 1 is 1.06 bits per heavy atom. The third kappa shape index (κ3) is 5.63. The van der Waals surface area contributed by atoms with Gasteiger partial charge < -0.3 is 10.4 Å². The Morgan fingerprint density at radius 2 is 1.61 bits per heavy atom. The highest BCUT2D eigenvalue weighted by Crippen LogP contribution is 2.33. The molecule has 0 aliphatic heterocycles. The first-order valence-electron chi connectivity index (χ1n) is 8.39. The number of sulfonamides is 1. The van der Waals surface area contributed by atoms with Crippen LogP contribution in [0.4, 0.5) is 33.3 Å². The van der Waals surface area contributed by atoms with Crippen LogP contribution in [0.2, 0.25) is 5.02 Å². The Labute approximate surface area is 179 Å². The molecule has 0 aliphatic rings. The molecule has 1 amide bonds. The lowest BCUT2D eigenvalue weighted by Crippen LogP contribution is -2.52. The molecule has 0 heterocycles. The van der Waals surface area contributed by atoms with E-state index in [2.05, 4.69) is 4.72 Å². The van der Waals surface area contributed by atoms with E-state index in [9.17, 15) is 40.3 Å². The van der Waals surface area contributed by atoms with Crippen LogP contribution < -0.4 is 10.0 Å². The third-order valence-electron chi connectivity index (χ3n) is 4.11. The summed E-state index contributed by atoms with van der Waals surface area (Å²) in [6, 6.07) is 6.24. The lowest BCUT2D eigenvalue weighted by Gasteiger charge is -2.25. The van der Waals surface area contributed by atoms with E-state index in [4.69, 9.17) is 11.6 Å². The number of aliphatic hydroxyl groups is 1. The number of benzene rings is 2. The predicted octanol–water partition coefficient (Wildman–Crippen LogP) is 4.33. The summed E-state index contributed by atoms with van der Waals surface area (Å²) in [7, 11) is -4.30. The topological polar surface area (TPSA) is 95.5 Å². The summed E-state index contributed by atoms with van der Waals surface area (Å²) >= 11 is 5.87. The molecule has 6 nitrogen and oxygen atoms in total. The standard InChI is InChI=1S/C18H16ClF5N2O4S/c1-17(28,18(22,23)24)16(27)25-15-3-2-13(7-14(15)19)31(29,30)26-12-5-10(8-20)4-11(6-12)9-21/h2-7,26,28H,8-9H2,1H3,(H,25,27)/t17-/m1/s1. The molecule has 0 saturated heterocycles. The summed E-state index contributed by atoms with van der Waals surface area (Å²) in [6.07, 6.45) is -5.26. The van der Waals surface area contributed by atoms with Crippen molar-refractivity contribution < 1.29 is 40.3 Å². The van der Waals surface area contributed by atoms with Gasteiger partial charge in [0.25, 0.3) is 15.9 Å². The number of hydrogen-bond acceptors (Lipinski definition) is 4. The number of alkyl halides is 5. The Morgan fingerprint density at radius 3 is 2.06 bits per heavy atom. The summed E-state index contributed by atoms with van der Waals surface area (Å²) < 4.78 is 91.2. The Hall–Kier alpha value is -2.44. The van der Waals surface area contributed by atoms with Gasteiger partial charge in [0, 0.05) is 5.69 Å². The zero-order valence-electron chi connectivity index (χ0n) is 15.7. The van der Waals surface area contributed by atoms with Crippen LogP contribution in [-0.4, -0.2) is 31.2 Å². The average molecular weight is 487 g/mol. The van der Waals surface area contributed by atoms with Gasteiger partial charge in [0.1, 0.15) is 13.3 Å². The second-order valence-electron chi connectivity index (χ2n) is 6.58.